The molecule has 0 spiro atoms. The summed E-state index contributed by atoms with van der Waals surface area (Å²) in [4.78, 5) is 2.61. The van der Waals surface area contributed by atoms with Gasteiger partial charge in [0.2, 0.25) is 0 Å². The van der Waals surface area contributed by atoms with Crippen LogP contribution < -0.4 is 5.73 Å². The van der Waals surface area contributed by atoms with E-state index in [0.717, 1.165) is 6.42 Å². The molecule has 1 rings (SSSR count). The highest BCUT2D eigenvalue weighted by Crippen LogP contribution is 2.23. The third-order valence-corrected chi connectivity index (χ3v) is 3.11. The van der Waals surface area contributed by atoms with Crippen molar-refractivity contribution in [2.24, 2.45) is 5.73 Å². The molecule has 0 aliphatic carbocycles. The molecule has 0 saturated heterocycles. The molecule has 0 amide bonds. The molecule has 1 aromatic rings. The summed E-state index contributed by atoms with van der Waals surface area (Å²) in [7, 11) is 0. The molecular formula is C10H17NOS. The van der Waals surface area contributed by atoms with Gasteiger partial charge in [-0.25, -0.2) is 0 Å². The van der Waals surface area contributed by atoms with Crippen molar-refractivity contribution in [1.82, 2.24) is 0 Å². The molecule has 0 radical (unpaired) electrons. The second-order valence-corrected chi connectivity index (χ2v) is 5.39. The maximum absolute atomic E-state index is 9.03. The molecule has 0 fully saturated rings. The van der Waals surface area contributed by atoms with Crippen molar-refractivity contribution < 1.29 is 5.11 Å². The van der Waals surface area contributed by atoms with Crippen LogP contribution in [0.15, 0.2) is 6.07 Å². The Morgan fingerprint density at radius 2 is 2.15 bits per heavy atom. The second kappa shape index (κ2) is 3.78. The lowest BCUT2D eigenvalue weighted by Crippen LogP contribution is -2.42. The minimum absolute atomic E-state index is 0.0291. The fraction of sp³-hybridized carbons (Fsp3) is 0.600. The molecule has 0 aromatic carbocycles. The number of aryl methyl sites for hydroxylation is 2. The molecule has 1 atom stereocenters. The predicted octanol–water partition coefficient (Wildman–Crippen LogP) is 1.62. The molecule has 1 aromatic heterocycles. The van der Waals surface area contributed by atoms with Gasteiger partial charge in [0.25, 0.3) is 0 Å². The van der Waals surface area contributed by atoms with Crippen molar-refractivity contribution >= 4 is 11.3 Å². The lowest BCUT2D eigenvalue weighted by molar-refractivity contribution is 0.208. The molecule has 3 heteroatoms. The van der Waals surface area contributed by atoms with E-state index in [1.54, 1.807) is 11.3 Å². The number of aliphatic hydroxyl groups excluding tert-OH is 1. The summed E-state index contributed by atoms with van der Waals surface area (Å²) in [5.41, 5.74) is 6.66. The van der Waals surface area contributed by atoms with E-state index in [1.165, 1.54) is 15.3 Å². The van der Waals surface area contributed by atoms with Crippen molar-refractivity contribution in [2.45, 2.75) is 32.7 Å². The SMILES string of the molecule is Cc1cc(CC(C)(N)CO)c(C)s1. The number of thiophene rings is 1. The lowest BCUT2D eigenvalue weighted by Gasteiger charge is -2.21. The molecule has 0 aliphatic rings. The highest BCUT2D eigenvalue weighted by atomic mass is 32.1. The fourth-order valence-corrected chi connectivity index (χ4v) is 2.30. The third-order valence-electron chi connectivity index (χ3n) is 2.10. The summed E-state index contributed by atoms with van der Waals surface area (Å²) in [5.74, 6) is 0. The molecule has 1 heterocycles. The van der Waals surface area contributed by atoms with E-state index >= 15 is 0 Å². The zero-order valence-corrected chi connectivity index (χ0v) is 9.24. The Bertz CT molecular complexity index is 291. The van der Waals surface area contributed by atoms with Crippen LogP contribution in [-0.4, -0.2) is 17.3 Å². The van der Waals surface area contributed by atoms with Crippen molar-refractivity contribution in [2.75, 3.05) is 6.61 Å². The van der Waals surface area contributed by atoms with Crippen molar-refractivity contribution in [3.8, 4) is 0 Å². The number of aliphatic hydroxyl groups is 1. The van der Waals surface area contributed by atoms with Crippen molar-refractivity contribution in [1.29, 1.82) is 0 Å². The van der Waals surface area contributed by atoms with Gasteiger partial charge in [-0.05, 0) is 38.8 Å². The van der Waals surface area contributed by atoms with Gasteiger partial charge in [-0.3, -0.25) is 0 Å². The maximum atomic E-state index is 9.03. The highest BCUT2D eigenvalue weighted by molar-refractivity contribution is 7.12. The Morgan fingerprint density at radius 3 is 2.54 bits per heavy atom. The van der Waals surface area contributed by atoms with E-state index in [-0.39, 0.29) is 6.61 Å². The van der Waals surface area contributed by atoms with Crippen LogP contribution in [0.5, 0.6) is 0 Å². The second-order valence-electron chi connectivity index (χ2n) is 3.93. The molecular weight excluding hydrogens is 182 g/mol. The Labute approximate surface area is 83.4 Å². The number of hydrogen-bond acceptors (Lipinski definition) is 3. The average Bonchev–Trinajstić information content (AvgIpc) is 2.30. The van der Waals surface area contributed by atoms with Gasteiger partial charge < -0.3 is 10.8 Å². The fourth-order valence-electron chi connectivity index (χ4n) is 1.35. The average molecular weight is 199 g/mol. The smallest absolute Gasteiger partial charge is 0.0611 e. The molecule has 3 N–H and O–H groups in total. The molecule has 0 aliphatic heterocycles. The molecule has 0 saturated carbocycles. The Kier molecular flexibility index (Phi) is 3.11. The van der Waals surface area contributed by atoms with E-state index in [9.17, 15) is 0 Å². The van der Waals surface area contributed by atoms with E-state index in [1.807, 2.05) is 6.92 Å². The van der Waals surface area contributed by atoms with Crippen LogP contribution in [0.4, 0.5) is 0 Å². The van der Waals surface area contributed by atoms with Crippen molar-refractivity contribution in [3.05, 3.63) is 21.4 Å². The van der Waals surface area contributed by atoms with E-state index in [0.29, 0.717) is 0 Å². The monoisotopic (exact) mass is 199 g/mol. The zero-order chi connectivity index (χ0) is 10.1. The van der Waals surface area contributed by atoms with Gasteiger partial charge >= 0.3 is 0 Å². The Morgan fingerprint density at radius 1 is 1.54 bits per heavy atom. The summed E-state index contributed by atoms with van der Waals surface area (Å²) in [6.07, 6.45) is 0.750. The highest BCUT2D eigenvalue weighted by Gasteiger charge is 2.19. The zero-order valence-electron chi connectivity index (χ0n) is 8.42. The van der Waals surface area contributed by atoms with Gasteiger partial charge in [-0.1, -0.05) is 0 Å². The predicted molar refractivity (Wildman–Crippen MR) is 57.2 cm³/mol. The van der Waals surface area contributed by atoms with E-state index in [4.69, 9.17) is 10.8 Å². The van der Waals surface area contributed by atoms with Crippen molar-refractivity contribution in [3.63, 3.8) is 0 Å². The normalized spacial score (nSPS) is 15.8. The molecule has 1 unspecified atom stereocenters. The first-order chi connectivity index (χ1) is 5.94. The Balaban J connectivity index is 2.79. The third kappa shape index (κ3) is 2.79. The van der Waals surface area contributed by atoms with Crippen LogP contribution in [0.3, 0.4) is 0 Å². The largest absolute Gasteiger partial charge is 0.394 e. The standard InChI is InChI=1S/C10H17NOS/c1-7-4-9(8(2)13-7)5-10(3,11)6-12/h4,12H,5-6,11H2,1-3H3. The molecule has 0 bridgehead atoms. The number of hydrogen-bond donors (Lipinski definition) is 2. The summed E-state index contributed by atoms with van der Waals surface area (Å²) >= 11 is 1.78. The van der Waals surface area contributed by atoms with Crippen LogP contribution >= 0.6 is 11.3 Å². The van der Waals surface area contributed by atoms with Gasteiger partial charge in [-0.2, -0.15) is 0 Å². The van der Waals surface area contributed by atoms with Crippen LogP contribution in [0.1, 0.15) is 22.2 Å². The topological polar surface area (TPSA) is 46.2 Å². The lowest BCUT2D eigenvalue weighted by atomic mass is 9.95. The van der Waals surface area contributed by atoms with Gasteiger partial charge in [-0.15, -0.1) is 11.3 Å². The minimum Gasteiger partial charge on any atom is -0.394 e. The first kappa shape index (κ1) is 10.7. The van der Waals surface area contributed by atoms with Crippen LogP contribution in [0.2, 0.25) is 0 Å². The minimum atomic E-state index is -0.488. The number of rotatable bonds is 3. The Hall–Kier alpha value is -0.380. The summed E-state index contributed by atoms with van der Waals surface area (Å²) in [6, 6.07) is 2.15. The summed E-state index contributed by atoms with van der Waals surface area (Å²) < 4.78 is 0. The first-order valence-electron chi connectivity index (χ1n) is 4.40. The van der Waals surface area contributed by atoms with Crippen LogP contribution in [0, 0.1) is 13.8 Å². The summed E-state index contributed by atoms with van der Waals surface area (Å²) in [6.45, 7) is 6.09. The molecule has 2 nitrogen and oxygen atoms in total. The van der Waals surface area contributed by atoms with Gasteiger partial charge in [0.1, 0.15) is 0 Å². The quantitative estimate of drug-likeness (QED) is 0.777. The van der Waals surface area contributed by atoms with Gasteiger partial charge in [0.15, 0.2) is 0 Å². The maximum Gasteiger partial charge on any atom is 0.0611 e. The molecule has 74 valence electrons. The summed E-state index contributed by atoms with van der Waals surface area (Å²) in [5, 5.41) is 9.03. The molecule has 13 heavy (non-hydrogen) atoms. The first-order valence-corrected chi connectivity index (χ1v) is 5.22. The van der Waals surface area contributed by atoms with Crippen LogP contribution in [-0.2, 0) is 6.42 Å². The van der Waals surface area contributed by atoms with E-state index < -0.39 is 5.54 Å². The van der Waals surface area contributed by atoms with Gasteiger partial charge in [0, 0.05) is 15.3 Å². The van der Waals surface area contributed by atoms with Gasteiger partial charge in [0.05, 0.1) is 6.61 Å². The number of nitrogens with two attached hydrogens (primary N) is 1. The van der Waals surface area contributed by atoms with E-state index in [2.05, 4.69) is 19.9 Å². The van der Waals surface area contributed by atoms with Crippen LogP contribution in [0.25, 0.3) is 0 Å².